The Morgan fingerprint density at radius 1 is 0.800 bits per heavy atom. The molecule has 178 valence electrons. The van der Waals surface area contributed by atoms with Gasteiger partial charge in [-0.2, -0.15) is 0 Å². The van der Waals surface area contributed by atoms with E-state index in [9.17, 15) is 4.79 Å². The number of fused-ring (bicyclic) bond motifs is 1. The molecule has 0 bridgehead atoms. The molecule has 0 radical (unpaired) electrons. The number of rotatable bonds is 9. The summed E-state index contributed by atoms with van der Waals surface area (Å²) in [5.74, 6) is 2.84. The van der Waals surface area contributed by atoms with Crippen LogP contribution in [0.15, 0.2) is 84.9 Å². The molecular formula is C30H28O5. The van der Waals surface area contributed by atoms with Gasteiger partial charge in [-0.05, 0) is 72.0 Å². The van der Waals surface area contributed by atoms with Crippen LogP contribution in [-0.4, -0.2) is 26.8 Å². The lowest BCUT2D eigenvalue weighted by Crippen LogP contribution is -2.01. The van der Waals surface area contributed by atoms with Crippen LogP contribution in [0.2, 0.25) is 0 Å². The van der Waals surface area contributed by atoms with E-state index in [2.05, 4.69) is 12.1 Å². The third kappa shape index (κ3) is 5.82. The van der Waals surface area contributed by atoms with Gasteiger partial charge in [-0.25, -0.2) is 0 Å². The molecule has 5 heteroatoms. The minimum atomic E-state index is -0.234. The maximum atomic E-state index is 11.5. The summed E-state index contributed by atoms with van der Waals surface area (Å²) in [6, 6.07) is 25.8. The van der Waals surface area contributed by atoms with E-state index in [-0.39, 0.29) is 12.4 Å². The van der Waals surface area contributed by atoms with Gasteiger partial charge < -0.3 is 18.9 Å². The van der Waals surface area contributed by atoms with Crippen LogP contribution in [0.5, 0.6) is 23.0 Å². The van der Waals surface area contributed by atoms with Crippen LogP contribution in [-0.2, 0) is 9.53 Å². The summed E-state index contributed by atoms with van der Waals surface area (Å²) < 4.78 is 22.1. The number of carbonyl (C=O) groups excluding carboxylic acids is 1. The van der Waals surface area contributed by atoms with Gasteiger partial charge >= 0.3 is 5.97 Å². The van der Waals surface area contributed by atoms with Gasteiger partial charge in [-0.1, -0.05) is 42.5 Å². The molecule has 35 heavy (non-hydrogen) atoms. The molecule has 0 saturated heterocycles. The second-order valence-corrected chi connectivity index (χ2v) is 7.84. The summed E-state index contributed by atoms with van der Waals surface area (Å²) >= 11 is 0. The van der Waals surface area contributed by atoms with Crippen LogP contribution in [0.3, 0.4) is 0 Å². The van der Waals surface area contributed by atoms with Crippen molar-refractivity contribution in [2.24, 2.45) is 0 Å². The molecule has 0 aliphatic heterocycles. The number of benzene rings is 4. The van der Waals surface area contributed by atoms with E-state index in [1.807, 2.05) is 72.8 Å². The molecule has 0 unspecified atom stereocenters. The molecule has 0 aromatic heterocycles. The highest BCUT2D eigenvalue weighted by Gasteiger charge is 2.13. The fourth-order valence-corrected chi connectivity index (χ4v) is 3.79. The monoisotopic (exact) mass is 468 g/mol. The standard InChI is InChI=1S/C30H28O5/c1-4-34-29(31)7-5-6-21-8-13-25(14-9-21)35-30-27(22-10-15-24(32-2)16-11-22)18-12-23-20-26(33-3)17-19-28(23)30/h5-6,8-20H,4,7H2,1-3H3. The molecule has 0 amide bonds. The zero-order chi connectivity index (χ0) is 24.6. The summed E-state index contributed by atoms with van der Waals surface area (Å²) in [6.45, 7) is 2.19. The smallest absolute Gasteiger partial charge is 0.309 e. The minimum absolute atomic E-state index is 0.234. The third-order valence-electron chi connectivity index (χ3n) is 5.58. The molecule has 0 spiro atoms. The second-order valence-electron chi connectivity index (χ2n) is 7.84. The third-order valence-corrected chi connectivity index (χ3v) is 5.58. The largest absolute Gasteiger partial charge is 0.497 e. The number of hydrogen-bond acceptors (Lipinski definition) is 5. The average Bonchev–Trinajstić information content (AvgIpc) is 2.89. The predicted octanol–water partition coefficient (Wildman–Crippen LogP) is 7.28. The highest BCUT2D eigenvalue weighted by Crippen LogP contribution is 2.41. The molecule has 0 aliphatic rings. The maximum Gasteiger partial charge on any atom is 0.309 e. The van der Waals surface area contributed by atoms with Gasteiger partial charge in [-0.15, -0.1) is 0 Å². The molecule has 0 heterocycles. The molecule has 0 atom stereocenters. The van der Waals surface area contributed by atoms with Gasteiger partial charge in [0.1, 0.15) is 23.0 Å². The minimum Gasteiger partial charge on any atom is -0.497 e. The van der Waals surface area contributed by atoms with E-state index in [0.29, 0.717) is 12.4 Å². The fraction of sp³-hybridized carbons (Fsp3) is 0.167. The molecule has 0 fully saturated rings. The number of hydrogen-bond donors (Lipinski definition) is 0. The molecule has 0 saturated carbocycles. The topological polar surface area (TPSA) is 54.0 Å². The number of carbonyl (C=O) groups is 1. The van der Waals surface area contributed by atoms with E-state index >= 15 is 0 Å². The summed E-state index contributed by atoms with van der Waals surface area (Å²) in [5.41, 5.74) is 2.97. The van der Waals surface area contributed by atoms with E-state index in [0.717, 1.165) is 44.7 Å². The zero-order valence-electron chi connectivity index (χ0n) is 20.1. The summed E-state index contributed by atoms with van der Waals surface area (Å²) in [5, 5.41) is 2.01. The first-order valence-electron chi connectivity index (χ1n) is 11.5. The van der Waals surface area contributed by atoms with E-state index in [4.69, 9.17) is 18.9 Å². The van der Waals surface area contributed by atoms with Crippen LogP contribution in [0.25, 0.3) is 28.0 Å². The highest BCUT2D eigenvalue weighted by molar-refractivity contribution is 5.96. The van der Waals surface area contributed by atoms with Crippen LogP contribution in [0, 0.1) is 0 Å². The van der Waals surface area contributed by atoms with Crippen LogP contribution in [0.4, 0.5) is 0 Å². The highest BCUT2D eigenvalue weighted by atomic mass is 16.5. The number of esters is 1. The Morgan fingerprint density at radius 2 is 1.49 bits per heavy atom. The van der Waals surface area contributed by atoms with Crippen molar-refractivity contribution in [2.45, 2.75) is 13.3 Å². The van der Waals surface area contributed by atoms with E-state index in [1.165, 1.54) is 0 Å². The van der Waals surface area contributed by atoms with Crippen molar-refractivity contribution in [3.8, 4) is 34.1 Å². The van der Waals surface area contributed by atoms with Gasteiger partial charge in [0.15, 0.2) is 0 Å². The van der Waals surface area contributed by atoms with Crippen molar-refractivity contribution in [3.63, 3.8) is 0 Å². The normalized spacial score (nSPS) is 10.9. The van der Waals surface area contributed by atoms with Crippen LogP contribution >= 0.6 is 0 Å². The zero-order valence-corrected chi connectivity index (χ0v) is 20.1. The van der Waals surface area contributed by atoms with Gasteiger partial charge in [0.2, 0.25) is 0 Å². The Balaban J connectivity index is 1.66. The van der Waals surface area contributed by atoms with Gasteiger partial charge in [-0.3, -0.25) is 4.79 Å². The van der Waals surface area contributed by atoms with Crippen LogP contribution in [0.1, 0.15) is 18.9 Å². The Hall–Kier alpha value is -4.25. The van der Waals surface area contributed by atoms with Crippen molar-refractivity contribution in [2.75, 3.05) is 20.8 Å². The number of ether oxygens (including phenoxy) is 4. The van der Waals surface area contributed by atoms with Crippen molar-refractivity contribution in [3.05, 3.63) is 90.5 Å². The maximum absolute atomic E-state index is 11.5. The van der Waals surface area contributed by atoms with Crippen molar-refractivity contribution < 1.29 is 23.7 Å². The summed E-state index contributed by atoms with van der Waals surface area (Å²) in [4.78, 5) is 11.5. The Labute approximate surface area is 205 Å². The predicted molar refractivity (Wildman–Crippen MR) is 139 cm³/mol. The first-order chi connectivity index (χ1) is 17.1. The fourth-order valence-electron chi connectivity index (χ4n) is 3.79. The Morgan fingerprint density at radius 3 is 2.17 bits per heavy atom. The quantitative estimate of drug-likeness (QED) is 0.242. The molecule has 0 N–H and O–H groups in total. The molecule has 4 aromatic carbocycles. The first kappa shape index (κ1) is 23.9. The van der Waals surface area contributed by atoms with E-state index < -0.39 is 0 Å². The lowest BCUT2D eigenvalue weighted by atomic mass is 9.99. The average molecular weight is 469 g/mol. The molecule has 5 nitrogen and oxygen atoms in total. The number of methoxy groups -OCH3 is 2. The summed E-state index contributed by atoms with van der Waals surface area (Å²) in [7, 11) is 3.32. The molecule has 4 aromatic rings. The first-order valence-corrected chi connectivity index (χ1v) is 11.5. The van der Waals surface area contributed by atoms with Crippen molar-refractivity contribution in [1.29, 1.82) is 0 Å². The van der Waals surface area contributed by atoms with Gasteiger partial charge in [0.05, 0.1) is 27.2 Å². The van der Waals surface area contributed by atoms with E-state index in [1.54, 1.807) is 27.2 Å². The Kier molecular flexibility index (Phi) is 7.68. The molecule has 0 aliphatic carbocycles. The SMILES string of the molecule is CCOC(=O)CC=Cc1ccc(Oc2c(-c3ccc(OC)cc3)ccc3cc(OC)ccc23)cc1. The molecule has 4 rings (SSSR count). The molecular weight excluding hydrogens is 440 g/mol. The lowest BCUT2D eigenvalue weighted by Gasteiger charge is -2.16. The van der Waals surface area contributed by atoms with Crippen molar-refractivity contribution in [1.82, 2.24) is 0 Å². The van der Waals surface area contributed by atoms with Gasteiger partial charge in [0.25, 0.3) is 0 Å². The lowest BCUT2D eigenvalue weighted by molar-refractivity contribution is -0.142. The summed E-state index contributed by atoms with van der Waals surface area (Å²) in [6.07, 6.45) is 3.94. The second kappa shape index (κ2) is 11.3. The van der Waals surface area contributed by atoms with Crippen molar-refractivity contribution >= 4 is 22.8 Å². The van der Waals surface area contributed by atoms with Gasteiger partial charge in [0, 0.05) is 10.9 Å². The Bertz CT molecular complexity index is 1320. The van der Waals surface area contributed by atoms with Crippen LogP contribution < -0.4 is 14.2 Å².